The predicted octanol–water partition coefficient (Wildman–Crippen LogP) is 2.08. The molecule has 10 heteroatoms. The van der Waals surface area contributed by atoms with Gasteiger partial charge in [0.15, 0.2) is 5.82 Å². The standard InChI is InChI=1S/C18H17F3N4O3/c19-18(20,21)14-4-2-1-3-13(14)17(28)25-9-7-24(8-10-25)15-6-5-12(22-23-15)11-16(26)27/h1-6H,7-11H2,(H,26,27). The minimum absolute atomic E-state index is 0.228. The molecule has 1 aliphatic heterocycles. The van der Waals surface area contributed by atoms with Crippen molar-refractivity contribution in [1.29, 1.82) is 0 Å². The van der Waals surface area contributed by atoms with Crippen molar-refractivity contribution in [3.05, 3.63) is 53.2 Å². The first-order chi connectivity index (χ1) is 13.3. The maximum Gasteiger partial charge on any atom is 0.417 e. The van der Waals surface area contributed by atoms with Gasteiger partial charge in [-0.05, 0) is 24.3 Å². The molecule has 0 aliphatic carbocycles. The van der Waals surface area contributed by atoms with Gasteiger partial charge in [-0.2, -0.15) is 18.3 Å². The predicted molar refractivity (Wildman–Crippen MR) is 92.9 cm³/mol. The first-order valence-corrected chi connectivity index (χ1v) is 8.50. The molecule has 1 fully saturated rings. The number of alkyl halides is 3. The molecule has 0 atom stereocenters. The van der Waals surface area contributed by atoms with Crippen molar-refractivity contribution in [3.63, 3.8) is 0 Å². The number of rotatable bonds is 4. The van der Waals surface area contributed by atoms with Gasteiger partial charge in [-0.25, -0.2) is 0 Å². The molecule has 1 N–H and O–H groups in total. The highest BCUT2D eigenvalue weighted by atomic mass is 19.4. The summed E-state index contributed by atoms with van der Waals surface area (Å²) >= 11 is 0. The van der Waals surface area contributed by atoms with Crippen LogP contribution in [0, 0.1) is 0 Å². The van der Waals surface area contributed by atoms with E-state index in [9.17, 15) is 22.8 Å². The number of halogens is 3. The SMILES string of the molecule is O=C(O)Cc1ccc(N2CCN(C(=O)c3ccccc3C(F)(F)F)CC2)nn1. The molecule has 7 nitrogen and oxygen atoms in total. The highest BCUT2D eigenvalue weighted by molar-refractivity contribution is 5.96. The lowest BCUT2D eigenvalue weighted by molar-refractivity contribution is -0.138. The highest BCUT2D eigenvalue weighted by Crippen LogP contribution is 2.32. The van der Waals surface area contributed by atoms with E-state index >= 15 is 0 Å². The van der Waals surface area contributed by atoms with E-state index in [1.54, 1.807) is 12.1 Å². The van der Waals surface area contributed by atoms with Crippen LogP contribution in [0.4, 0.5) is 19.0 Å². The smallest absolute Gasteiger partial charge is 0.417 e. The molecule has 1 amide bonds. The Hall–Kier alpha value is -3.17. The van der Waals surface area contributed by atoms with E-state index in [-0.39, 0.29) is 25.1 Å². The van der Waals surface area contributed by atoms with E-state index in [0.717, 1.165) is 6.07 Å². The van der Waals surface area contributed by atoms with Crippen molar-refractivity contribution in [2.45, 2.75) is 12.6 Å². The third kappa shape index (κ3) is 4.38. The Kier molecular flexibility index (Phi) is 5.48. The fourth-order valence-electron chi connectivity index (χ4n) is 3.00. The average Bonchev–Trinajstić information content (AvgIpc) is 2.67. The Morgan fingerprint density at radius 2 is 1.68 bits per heavy atom. The van der Waals surface area contributed by atoms with Crippen LogP contribution >= 0.6 is 0 Å². The maximum atomic E-state index is 13.1. The summed E-state index contributed by atoms with van der Waals surface area (Å²) in [5, 5.41) is 16.6. The van der Waals surface area contributed by atoms with Gasteiger partial charge < -0.3 is 14.9 Å². The summed E-state index contributed by atoms with van der Waals surface area (Å²) in [5.41, 5.74) is -0.975. The summed E-state index contributed by atoms with van der Waals surface area (Å²) in [5.74, 6) is -1.14. The van der Waals surface area contributed by atoms with Gasteiger partial charge in [0, 0.05) is 26.2 Å². The van der Waals surface area contributed by atoms with Crippen LogP contribution in [0.2, 0.25) is 0 Å². The Balaban J connectivity index is 1.66. The summed E-state index contributed by atoms with van der Waals surface area (Å²) in [6.45, 7) is 1.24. The summed E-state index contributed by atoms with van der Waals surface area (Å²) in [6.07, 6.45) is -4.82. The molecular formula is C18H17F3N4O3. The zero-order chi connectivity index (χ0) is 20.3. The van der Waals surface area contributed by atoms with Crippen molar-refractivity contribution in [1.82, 2.24) is 15.1 Å². The van der Waals surface area contributed by atoms with Crippen LogP contribution in [0.1, 0.15) is 21.6 Å². The molecule has 0 unspecified atom stereocenters. The fraction of sp³-hybridized carbons (Fsp3) is 0.333. The molecule has 0 spiro atoms. The van der Waals surface area contributed by atoms with Crippen molar-refractivity contribution in [2.24, 2.45) is 0 Å². The largest absolute Gasteiger partial charge is 0.481 e. The van der Waals surface area contributed by atoms with Gasteiger partial charge >= 0.3 is 12.1 Å². The number of nitrogens with zero attached hydrogens (tertiary/aromatic N) is 4. The van der Waals surface area contributed by atoms with Crippen LogP contribution in [0.3, 0.4) is 0 Å². The zero-order valence-corrected chi connectivity index (χ0v) is 14.7. The van der Waals surface area contributed by atoms with E-state index < -0.39 is 23.6 Å². The summed E-state index contributed by atoms with van der Waals surface area (Å²) in [6, 6.07) is 7.95. The van der Waals surface area contributed by atoms with Crippen LogP contribution in [-0.2, 0) is 17.4 Å². The molecule has 1 aliphatic rings. The van der Waals surface area contributed by atoms with E-state index in [1.165, 1.54) is 23.1 Å². The molecule has 0 saturated carbocycles. The van der Waals surface area contributed by atoms with Crippen molar-refractivity contribution in [3.8, 4) is 0 Å². The molecule has 148 valence electrons. The quantitative estimate of drug-likeness (QED) is 0.855. The van der Waals surface area contributed by atoms with Gasteiger partial charge in [-0.15, -0.1) is 5.10 Å². The molecule has 1 aromatic heterocycles. The van der Waals surface area contributed by atoms with E-state index in [4.69, 9.17) is 5.11 Å². The molecule has 1 saturated heterocycles. The molecule has 2 aromatic rings. The molecular weight excluding hydrogens is 377 g/mol. The minimum atomic E-state index is -4.60. The second kappa shape index (κ2) is 7.83. The maximum absolute atomic E-state index is 13.1. The van der Waals surface area contributed by atoms with Crippen molar-refractivity contribution in [2.75, 3.05) is 31.1 Å². The van der Waals surface area contributed by atoms with Crippen molar-refractivity contribution >= 4 is 17.7 Å². The fourth-order valence-corrected chi connectivity index (χ4v) is 3.00. The highest BCUT2D eigenvalue weighted by Gasteiger charge is 2.36. The summed E-state index contributed by atoms with van der Waals surface area (Å²) < 4.78 is 39.4. The number of anilines is 1. The number of piperazine rings is 1. The molecule has 0 bridgehead atoms. The molecule has 3 rings (SSSR count). The third-order valence-electron chi connectivity index (χ3n) is 4.39. The topological polar surface area (TPSA) is 86.6 Å². The lowest BCUT2D eigenvalue weighted by Gasteiger charge is -2.35. The number of aliphatic carboxylic acids is 1. The molecule has 1 aromatic carbocycles. The van der Waals surface area contributed by atoms with E-state index in [0.29, 0.717) is 24.6 Å². The van der Waals surface area contributed by atoms with Gasteiger partial charge in [0.1, 0.15) is 0 Å². The first kappa shape index (κ1) is 19.6. The number of benzene rings is 1. The van der Waals surface area contributed by atoms with Gasteiger partial charge in [0.25, 0.3) is 5.91 Å². The number of hydrogen-bond acceptors (Lipinski definition) is 5. The van der Waals surface area contributed by atoms with Gasteiger partial charge in [-0.1, -0.05) is 12.1 Å². The molecule has 28 heavy (non-hydrogen) atoms. The summed E-state index contributed by atoms with van der Waals surface area (Å²) in [7, 11) is 0. The van der Waals surface area contributed by atoms with Crippen LogP contribution < -0.4 is 4.90 Å². The number of carboxylic acid groups (broad SMARTS) is 1. The van der Waals surface area contributed by atoms with Crippen LogP contribution in [0.15, 0.2) is 36.4 Å². The second-order valence-corrected chi connectivity index (χ2v) is 6.28. The monoisotopic (exact) mass is 394 g/mol. The Morgan fingerprint density at radius 1 is 1.00 bits per heavy atom. The minimum Gasteiger partial charge on any atom is -0.481 e. The molecule has 0 radical (unpaired) electrons. The van der Waals surface area contributed by atoms with Gasteiger partial charge in [0.05, 0.1) is 23.2 Å². The Bertz CT molecular complexity index is 863. The molecule has 2 heterocycles. The summed E-state index contributed by atoms with van der Waals surface area (Å²) in [4.78, 5) is 26.5. The number of hydrogen-bond donors (Lipinski definition) is 1. The first-order valence-electron chi connectivity index (χ1n) is 8.50. The van der Waals surface area contributed by atoms with E-state index in [1.807, 2.05) is 4.90 Å². The zero-order valence-electron chi connectivity index (χ0n) is 14.7. The van der Waals surface area contributed by atoms with Crippen molar-refractivity contribution < 1.29 is 27.9 Å². The number of carboxylic acids is 1. The average molecular weight is 394 g/mol. The number of aromatic nitrogens is 2. The lowest BCUT2D eigenvalue weighted by atomic mass is 10.1. The van der Waals surface area contributed by atoms with Crippen LogP contribution in [0.25, 0.3) is 0 Å². The number of amides is 1. The number of carbonyl (C=O) groups is 2. The van der Waals surface area contributed by atoms with Crippen LogP contribution in [-0.4, -0.2) is 58.3 Å². The van der Waals surface area contributed by atoms with E-state index in [2.05, 4.69) is 10.2 Å². The lowest BCUT2D eigenvalue weighted by Crippen LogP contribution is -2.49. The van der Waals surface area contributed by atoms with Gasteiger partial charge in [0.2, 0.25) is 0 Å². The third-order valence-corrected chi connectivity index (χ3v) is 4.39. The number of carbonyl (C=O) groups excluding carboxylic acids is 1. The normalized spacial score (nSPS) is 14.8. The van der Waals surface area contributed by atoms with Gasteiger partial charge in [-0.3, -0.25) is 9.59 Å². The second-order valence-electron chi connectivity index (χ2n) is 6.28. The Morgan fingerprint density at radius 3 is 2.25 bits per heavy atom. The Labute approximate surface area is 158 Å². The van der Waals surface area contributed by atoms with Crippen LogP contribution in [0.5, 0.6) is 0 Å².